The third-order valence-electron chi connectivity index (χ3n) is 5.50. The predicted molar refractivity (Wildman–Crippen MR) is 131 cm³/mol. The summed E-state index contributed by atoms with van der Waals surface area (Å²) in [6.07, 6.45) is 0.345. The van der Waals surface area contributed by atoms with Crippen LogP contribution in [0.4, 0.5) is 11.4 Å². The van der Waals surface area contributed by atoms with Crippen LogP contribution in [-0.4, -0.2) is 53.4 Å². The van der Waals surface area contributed by atoms with Gasteiger partial charge in [0.25, 0.3) is 0 Å². The Balaban J connectivity index is 1.69. The minimum Gasteiger partial charge on any atom is -0.369 e. The summed E-state index contributed by atoms with van der Waals surface area (Å²) in [4.78, 5) is 15.1. The Morgan fingerprint density at radius 1 is 1.00 bits per heavy atom. The van der Waals surface area contributed by atoms with E-state index in [0.29, 0.717) is 25.2 Å². The van der Waals surface area contributed by atoms with Crippen LogP contribution in [0, 0.1) is 12.8 Å². The molecule has 0 saturated carbocycles. The molecule has 1 aliphatic heterocycles. The highest BCUT2D eigenvalue weighted by Crippen LogP contribution is 2.21. The fourth-order valence-electron chi connectivity index (χ4n) is 3.61. The van der Waals surface area contributed by atoms with Gasteiger partial charge in [0, 0.05) is 24.5 Å². The highest BCUT2D eigenvalue weighted by Gasteiger charge is 2.27. The molecule has 2 aromatic carbocycles. The van der Waals surface area contributed by atoms with E-state index in [1.54, 1.807) is 24.3 Å². The molecule has 1 atom stereocenters. The largest absolute Gasteiger partial charge is 0.369 e. The molecule has 10 heteroatoms. The monoisotopic (exact) mass is 493 g/mol. The summed E-state index contributed by atoms with van der Waals surface area (Å²) in [7, 11) is -6.82. The van der Waals surface area contributed by atoms with Gasteiger partial charge in [0.15, 0.2) is 9.84 Å². The topological polar surface area (TPSA) is 113 Å². The summed E-state index contributed by atoms with van der Waals surface area (Å²) < 4.78 is 51.4. The molecule has 2 aromatic rings. The Bertz CT molecular complexity index is 1160. The number of carbonyl (C=O) groups is 1. The number of rotatable bonds is 8. The van der Waals surface area contributed by atoms with Crippen molar-refractivity contribution in [3.63, 3.8) is 0 Å². The minimum absolute atomic E-state index is 0.0965. The number of amides is 1. The normalized spacial score (nSPS) is 17.0. The molecule has 1 fully saturated rings. The smallest absolute Gasteiger partial charge is 0.242 e. The Hall–Kier alpha value is -2.43. The van der Waals surface area contributed by atoms with Crippen LogP contribution in [0.5, 0.6) is 0 Å². The summed E-state index contributed by atoms with van der Waals surface area (Å²) in [5.74, 6) is -0.0806. The summed E-state index contributed by atoms with van der Waals surface area (Å²) in [6.45, 7) is 6.59. The molecule has 0 aromatic heterocycles. The molecule has 1 heterocycles. The van der Waals surface area contributed by atoms with Crippen LogP contribution in [0.1, 0.15) is 25.8 Å². The van der Waals surface area contributed by atoms with E-state index in [2.05, 4.69) is 10.0 Å². The van der Waals surface area contributed by atoms with Gasteiger partial charge >= 0.3 is 0 Å². The zero-order valence-electron chi connectivity index (χ0n) is 19.1. The van der Waals surface area contributed by atoms with Crippen LogP contribution < -0.4 is 14.9 Å². The van der Waals surface area contributed by atoms with Crippen LogP contribution in [-0.2, 0) is 24.7 Å². The molecule has 180 valence electrons. The van der Waals surface area contributed by atoms with Crippen molar-refractivity contribution in [3.05, 3.63) is 54.1 Å². The van der Waals surface area contributed by atoms with Gasteiger partial charge in [-0.15, -0.1) is 0 Å². The first-order valence-electron chi connectivity index (χ1n) is 10.9. The summed E-state index contributed by atoms with van der Waals surface area (Å²) >= 11 is 0. The van der Waals surface area contributed by atoms with E-state index in [9.17, 15) is 21.6 Å². The van der Waals surface area contributed by atoms with E-state index in [4.69, 9.17) is 0 Å². The van der Waals surface area contributed by atoms with Crippen LogP contribution in [0.3, 0.4) is 0 Å². The van der Waals surface area contributed by atoms with Crippen molar-refractivity contribution in [1.82, 2.24) is 4.72 Å². The van der Waals surface area contributed by atoms with E-state index in [0.717, 1.165) is 11.3 Å². The third-order valence-corrected chi connectivity index (χ3v) is 8.59. The number of sulfonamides is 1. The van der Waals surface area contributed by atoms with Gasteiger partial charge in [0.05, 0.1) is 16.4 Å². The van der Waals surface area contributed by atoms with Gasteiger partial charge < -0.3 is 10.2 Å². The van der Waals surface area contributed by atoms with Crippen LogP contribution >= 0.6 is 0 Å². The number of hydrogen-bond donors (Lipinski definition) is 2. The molecule has 0 bridgehead atoms. The van der Waals surface area contributed by atoms with Crippen LogP contribution in [0.25, 0.3) is 0 Å². The first kappa shape index (κ1) is 25.2. The van der Waals surface area contributed by atoms with Gasteiger partial charge in [0.2, 0.25) is 15.9 Å². The number of benzene rings is 2. The second-order valence-electron chi connectivity index (χ2n) is 8.79. The quantitative estimate of drug-likeness (QED) is 0.584. The van der Waals surface area contributed by atoms with Crippen molar-refractivity contribution >= 4 is 37.1 Å². The first-order valence-corrected chi connectivity index (χ1v) is 14.2. The first-order chi connectivity index (χ1) is 15.4. The average Bonchev–Trinajstić information content (AvgIpc) is 2.74. The summed E-state index contributed by atoms with van der Waals surface area (Å²) in [5, 5.41) is 2.79. The van der Waals surface area contributed by atoms with Gasteiger partial charge in [0.1, 0.15) is 6.04 Å². The number of carbonyl (C=O) groups excluding carboxylic acids is 1. The third kappa shape index (κ3) is 7.02. The summed E-state index contributed by atoms with van der Waals surface area (Å²) in [6, 6.07) is 12.6. The average molecular weight is 494 g/mol. The standard InChI is InChI=1S/C23H31N3O5S2/c1-17(2)16-22(25-33(30,31)21-10-4-18(3)5-11-21)23(27)24-19-6-8-20(9-7-19)26-12-14-32(28,29)15-13-26/h4-11,17,22,25H,12-16H2,1-3H3,(H,24,27). The number of nitrogens with zero attached hydrogens (tertiary/aromatic N) is 1. The van der Waals surface area contributed by atoms with Gasteiger partial charge in [-0.05, 0) is 55.7 Å². The maximum Gasteiger partial charge on any atom is 0.242 e. The van der Waals surface area contributed by atoms with Gasteiger partial charge in [-0.25, -0.2) is 16.8 Å². The lowest BCUT2D eigenvalue weighted by atomic mass is 10.0. The van der Waals surface area contributed by atoms with E-state index < -0.39 is 31.8 Å². The molecule has 1 aliphatic rings. The predicted octanol–water partition coefficient (Wildman–Crippen LogP) is 2.56. The molecule has 0 radical (unpaired) electrons. The van der Waals surface area contributed by atoms with Crippen molar-refractivity contribution in [2.45, 2.75) is 38.1 Å². The second-order valence-corrected chi connectivity index (χ2v) is 12.8. The number of sulfone groups is 1. The molecular weight excluding hydrogens is 462 g/mol. The summed E-state index contributed by atoms with van der Waals surface area (Å²) in [5.41, 5.74) is 2.36. The Labute approximate surface area is 196 Å². The molecule has 3 rings (SSSR count). The number of nitrogens with one attached hydrogen (secondary N) is 2. The fraction of sp³-hybridized carbons (Fsp3) is 0.435. The van der Waals surface area contributed by atoms with Gasteiger partial charge in [-0.3, -0.25) is 4.79 Å². The lowest BCUT2D eigenvalue weighted by Crippen LogP contribution is -2.44. The zero-order chi connectivity index (χ0) is 24.2. The molecule has 1 amide bonds. The van der Waals surface area contributed by atoms with Crippen molar-refractivity contribution in [1.29, 1.82) is 0 Å². The van der Waals surface area contributed by atoms with Gasteiger partial charge in [-0.2, -0.15) is 4.72 Å². The maximum absolute atomic E-state index is 13.0. The molecule has 0 aliphatic carbocycles. The van der Waals surface area contributed by atoms with E-state index >= 15 is 0 Å². The van der Waals surface area contributed by atoms with E-state index in [1.807, 2.05) is 37.8 Å². The highest BCUT2D eigenvalue weighted by atomic mass is 32.2. The van der Waals surface area contributed by atoms with Gasteiger partial charge in [-0.1, -0.05) is 31.5 Å². The Morgan fingerprint density at radius 2 is 1.58 bits per heavy atom. The lowest BCUT2D eigenvalue weighted by molar-refractivity contribution is -0.118. The Kier molecular flexibility index (Phi) is 7.81. The van der Waals surface area contributed by atoms with Crippen molar-refractivity contribution < 1.29 is 21.6 Å². The molecule has 1 unspecified atom stereocenters. The molecule has 8 nitrogen and oxygen atoms in total. The lowest BCUT2D eigenvalue weighted by Gasteiger charge is -2.28. The number of hydrogen-bond acceptors (Lipinski definition) is 6. The highest BCUT2D eigenvalue weighted by molar-refractivity contribution is 7.91. The van der Waals surface area contributed by atoms with E-state index in [1.165, 1.54) is 12.1 Å². The second kappa shape index (κ2) is 10.2. The molecule has 33 heavy (non-hydrogen) atoms. The fourth-order valence-corrected chi connectivity index (χ4v) is 6.02. The van der Waals surface area contributed by atoms with Crippen molar-refractivity contribution in [3.8, 4) is 0 Å². The van der Waals surface area contributed by atoms with Crippen LogP contribution in [0.15, 0.2) is 53.4 Å². The molecule has 1 saturated heterocycles. The number of aryl methyl sites for hydroxylation is 1. The SMILES string of the molecule is Cc1ccc(S(=O)(=O)NC(CC(C)C)C(=O)Nc2ccc(N3CCS(=O)(=O)CC3)cc2)cc1. The maximum atomic E-state index is 13.0. The van der Waals surface area contributed by atoms with E-state index in [-0.39, 0.29) is 22.3 Å². The van der Waals surface area contributed by atoms with Crippen molar-refractivity contribution in [2.24, 2.45) is 5.92 Å². The minimum atomic E-state index is -3.86. The zero-order valence-corrected chi connectivity index (χ0v) is 20.7. The Morgan fingerprint density at radius 3 is 2.12 bits per heavy atom. The van der Waals surface area contributed by atoms with Crippen LogP contribution in [0.2, 0.25) is 0 Å². The molecular formula is C23H31N3O5S2. The van der Waals surface area contributed by atoms with Crippen molar-refractivity contribution in [2.75, 3.05) is 34.8 Å². The molecule has 0 spiro atoms. The number of anilines is 2. The molecule has 2 N–H and O–H groups in total.